The largest absolute Gasteiger partial charge is 0.494 e. The van der Waals surface area contributed by atoms with Crippen molar-refractivity contribution < 1.29 is 9.53 Å². The summed E-state index contributed by atoms with van der Waals surface area (Å²) in [6.45, 7) is 10.9. The average molecular weight is 383 g/mol. The number of nitrogens with zero attached hydrogens (tertiary/aromatic N) is 1. The lowest BCUT2D eigenvalue weighted by Gasteiger charge is -2.34. The van der Waals surface area contributed by atoms with Gasteiger partial charge in [0.25, 0.3) is 0 Å². The van der Waals surface area contributed by atoms with Crippen molar-refractivity contribution in [3.63, 3.8) is 0 Å². The number of amides is 1. The fraction of sp³-hybridized carbons (Fsp3) is 0.667. The second-order valence-corrected chi connectivity index (χ2v) is 8.33. The third kappa shape index (κ3) is 6.81. The van der Waals surface area contributed by atoms with Gasteiger partial charge in [0.2, 0.25) is 5.91 Å². The third-order valence-corrected chi connectivity index (χ3v) is 5.08. The molecule has 0 aromatic heterocycles. The number of carbonyl (C=O) groups is 1. The number of hydrogen-bond donors (Lipinski definition) is 1. The number of carbonyl (C=O) groups excluding carboxylic acids is 1. The molecule has 0 saturated carbocycles. The molecule has 1 aromatic rings. The number of ether oxygens (including phenoxy) is 1. The highest BCUT2D eigenvalue weighted by Crippen LogP contribution is 2.24. The van der Waals surface area contributed by atoms with Crippen LogP contribution in [0.4, 0.5) is 0 Å². The Morgan fingerprint density at radius 3 is 2.54 bits per heavy atom. The molecule has 0 aliphatic carbocycles. The van der Waals surface area contributed by atoms with E-state index >= 15 is 0 Å². The zero-order valence-corrected chi connectivity index (χ0v) is 17.5. The maximum atomic E-state index is 12.4. The minimum atomic E-state index is 0. The molecule has 4 nitrogen and oxygen atoms in total. The summed E-state index contributed by atoms with van der Waals surface area (Å²) in [5.41, 5.74) is 7.44. The van der Waals surface area contributed by atoms with Gasteiger partial charge in [-0.2, -0.15) is 0 Å². The van der Waals surface area contributed by atoms with Crippen molar-refractivity contribution in [2.24, 2.45) is 11.7 Å². The first kappa shape index (κ1) is 22.8. The highest BCUT2D eigenvalue weighted by Gasteiger charge is 2.25. The Kier molecular flexibility index (Phi) is 8.91. The fourth-order valence-electron chi connectivity index (χ4n) is 3.29. The number of halogens is 1. The Morgan fingerprint density at radius 2 is 1.96 bits per heavy atom. The summed E-state index contributed by atoms with van der Waals surface area (Å²) in [6.07, 6.45) is 3.49. The Balaban J connectivity index is 0.00000338. The molecule has 1 heterocycles. The van der Waals surface area contributed by atoms with Crippen LogP contribution in [0.2, 0.25) is 0 Å². The molecule has 1 amide bonds. The van der Waals surface area contributed by atoms with Gasteiger partial charge in [0, 0.05) is 25.6 Å². The summed E-state index contributed by atoms with van der Waals surface area (Å²) < 4.78 is 5.78. The van der Waals surface area contributed by atoms with Crippen LogP contribution in [0.5, 0.6) is 5.75 Å². The van der Waals surface area contributed by atoms with Crippen LogP contribution in [0, 0.1) is 5.92 Å². The summed E-state index contributed by atoms with van der Waals surface area (Å²) in [6, 6.07) is 8.42. The van der Waals surface area contributed by atoms with Crippen molar-refractivity contribution in [3.05, 3.63) is 29.8 Å². The van der Waals surface area contributed by atoms with Crippen LogP contribution >= 0.6 is 12.4 Å². The minimum Gasteiger partial charge on any atom is -0.494 e. The van der Waals surface area contributed by atoms with Gasteiger partial charge >= 0.3 is 0 Å². The van der Waals surface area contributed by atoms with E-state index < -0.39 is 0 Å². The van der Waals surface area contributed by atoms with Crippen LogP contribution in [0.25, 0.3) is 0 Å². The van der Waals surface area contributed by atoms with Gasteiger partial charge in [0.15, 0.2) is 0 Å². The first-order valence-corrected chi connectivity index (χ1v) is 9.54. The quantitative estimate of drug-likeness (QED) is 0.752. The lowest BCUT2D eigenvalue weighted by atomic mass is 9.87. The molecular formula is C21H35ClN2O2. The van der Waals surface area contributed by atoms with Crippen LogP contribution in [0.15, 0.2) is 24.3 Å². The number of nitrogens with two attached hydrogens (primary N) is 1. The van der Waals surface area contributed by atoms with E-state index in [1.807, 2.05) is 24.0 Å². The van der Waals surface area contributed by atoms with E-state index in [0.717, 1.165) is 38.1 Å². The van der Waals surface area contributed by atoms with E-state index in [1.54, 1.807) is 0 Å². The number of piperidine rings is 1. The van der Waals surface area contributed by atoms with Crippen molar-refractivity contribution in [2.75, 3.05) is 19.7 Å². The zero-order chi connectivity index (χ0) is 18.4. The molecule has 148 valence electrons. The fourth-order valence-corrected chi connectivity index (χ4v) is 3.29. The van der Waals surface area contributed by atoms with Crippen molar-refractivity contribution >= 4 is 18.3 Å². The van der Waals surface area contributed by atoms with Crippen molar-refractivity contribution in [3.8, 4) is 5.75 Å². The average Bonchev–Trinajstić information content (AvgIpc) is 2.58. The predicted molar refractivity (Wildman–Crippen MR) is 110 cm³/mol. The van der Waals surface area contributed by atoms with Crippen molar-refractivity contribution in [1.29, 1.82) is 0 Å². The molecular weight excluding hydrogens is 348 g/mol. The van der Waals surface area contributed by atoms with Gasteiger partial charge in [-0.05, 0) is 55.2 Å². The maximum absolute atomic E-state index is 12.4. The Labute approximate surface area is 164 Å². The van der Waals surface area contributed by atoms with E-state index in [1.165, 1.54) is 5.56 Å². The number of likely N-dealkylation sites (tertiary alicyclic amines) is 1. The molecule has 2 rings (SSSR count). The van der Waals surface area contributed by atoms with E-state index in [2.05, 4.69) is 32.9 Å². The topological polar surface area (TPSA) is 55.6 Å². The zero-order valence-electron chi connectivity index (χ0n) is 16.7. The van der Waals surface area contributed by atoms with Crippen molar-refractivity contribution in [1.82, 2.24) is 4.90 Å². The highest BCUT2D eigenvalue weighted by atomic mass is 35.5. The van der Waals surface area contributed by atoms with Gasteiger partial charge in [-0.1, -0.05) is 32.9 Å². The summed E-state index contributed by atoms with van der Waals surface area (Å²) in [7, 11) is 0. The molecule has 2 N–H and O–H groups in total. The molecule has 26 heavy (non-hydrogen) atoms. The maximum Gasteiger partial charge on any atom is 0.222 e. The number of hydrogen-bond acceptors (Lipinski definition) is 3. The molecule has 1 aliphatic rings. The third-order valence-electron chi connectivity index (χ3n) is 5.08. The van der Waals surface area contributed by atoms with Crippen LogP contribution in [-0.2, 0) is 10.2 Å². The van der Waals surface area contributed by atoms with Crippen LogP contribution in [0.3, 0.4) is 0 Å². The molecule has 0 radical (unpaired) electrons. The SMILES string of the molecule is CC(N)C1CCCN(C(=O)CCCOc2ccc(C(C)(C)C)cc2)C1.Cl. The summed E-state index contributed by atoms with van der Waals surface area (Å²) in [4.78, 5) is 14.3. The molecule has 0 bridgehead atoms. The van der Waals surface area contributed by atoms with E-state index in [4.69, 9.17) is 10.5 Å². The van der Waals surface area contributed by atoms with E-state index in [-0.39, 0.29) is 29.8 Å². The summed E-state index contributed by atoms with van der Waals surface area (Å²) in [5.74, 6) is 1.54. The second-order valence-electron chi connectivity index (χ2n) is 8.33. The molecule has 1 aromatic carbocycles. The van der Waals surface area contributed by atoms with Crippen molar-refractivity contribution in [2.45, 2.75) is 64.8 Å². The predicted octanol–water partition coefficient (Wildman–Crippen LogP) is 4.15. The van der Waals surface area contributed by atoms with Crippen LogP contribution in [-0.4, -0.2) is 36.5 Å². The molecule has 1 saturated heterocycles. The lowest BCUT2D eigenvalue weighted by Crippen LogP contribution is -2.45. The standard InChI is InChI=1S/C21H34N2O2.ClH/c1-16(22)17-7-5-13-23(15-17)20(24)8-6-14-25-19-11-9-18(10-12-19)21(2,3)4;/h9-12,16-17H,5-8,13-15,22H2,1-4H3;1H. The Hall–Kier alpha value is -1.26. The van der Waals surface area contributed by atoms with Gasteiger partial charge in [-0.25, -0.2) is 0 Å². The number of rotatable bonds is 6. The number of benzene rings is 1. The molecule has 2 atom stereocenters. The van der Waals surface area contributed by atoms with Crippen LogP contribution in [0.1, 0.15) is 58.9 Å². The summed E-state index contributed by atoms with van der Waals surface area (Å²) in [5, 5.41) is 0. The molecule has 1 aliphatic heterocycles. The van der Waals surface area contributed by atoms with Gasteiger partial charge in [-0.3, -0.25) is 4.79 Å². The normalized spacial score (nSPS) is 18.8. The Bertz CT molecular complexity index is 552. The van der Waals surface area contributed by atoms with E-state index in [0.29, 0.717) is 18.9 Å². The Morgan fingerprint density at radius 1 is 1.31 bits per heavy atom. The van der Waals surface area contributed by atoms with E-state index in [9.17, 15) is 4.79 Å². The summed E-state index contributed by atoms with van der Waals surface area (Å²) >= 11 is 0. The second kappa shape index (κ2) is 10.2. The lowest BCUT2D eigenvalue weighted by molar-refractivity contribution is -0.133. The molecule has 5 heteroatoms. The van der Waals surface area contributed by atoms with Gasteiger partial charge < -0.3 is 15.4 Å². The van der Waals surface area contributed by atoms with Gasteiger partial charge in [-0.15, -0.1) is 12.4 Å². The first-order valence-electron chi connectivity index (χ1n) is 9.54. The van der Waals surface area contributed by atoms with Gasteiger partial charge in [0.1, 0.15) is 5.75 Å². The van der Waals surface area contributed by atoms with Gasteiger partial charge in [0.05, 0.1) is 6.61 Å². The highest BCUT2D eigenvalue weighted by molar-refractivity contribution is 5.85. The minimum absolute atomic E-state index is 0. The monoisotopic (exact) mass is 382 g/mol. The molecule has 1 fully saturated rings. The molecule has 2 unspecified atom stereocenters. The van der Waals surface area contributed by atoms with Crippen LogP contribution < -0.4 is 10.5 Å². The molecule has 0 spiro atoms. The first-order chi connectivity index (χ1) is 11.8. The smallest absolute Gasteiger partial charge is 0.222 e.